The monoisotopic (exact) mass is 324 g/mol. The molecular weight excluding hydrogens is 319 g/mol. The van der Waals surface area contributed by atoms with E-state index in [4.69, 9.17) is 34.8 Å². The van der Waals surface area contributed by atoms with Gasteiger partial charge in [-0.3, -0.25) is 4.79 Å². The van der Waals surface area contributed by atoms with Crippen molar-refractivity contribution in [2.45, 2.75) is 0 Å². The average Bonchev–Trinajstić information content (AvgIpc) is 2.43. The van der Waals surface area contributed by atoms with Gasteiger partial charge >= 0.3 is 0 Å². The van der Waals surface area contributed by atoms with Crippen LogP contribution < -0.4 is 5.56 Å². The lowest BCUT2D eigenvalue weighted by atomic mass is 10.1. The maximum absolute atomic E-state index is 11.8. The molecule has 2 aromatic carbocycles. The molecule has 0 aliphatic heterocycles. The van der Waals surface area contributed by atoms with Crippen LogP contribution in [0.4, 0.5) is 0 Å². The standard InChI is InChI=1S/C14H7Cl3N2O/c15-8-3-1-7(2-4-8)13-9-5-11(16)12(17)6-10(9)14(20)19-18-13/h1-6H,(H,19,20). The van der Waals surface area contributed by atoms with Crippen LogP contribution in [-0.2, 0) is 0 Å². The van der Waals surface area contributed by atoms with E-state index in [0.29, 0.717) is 31.5 Å². The zero-order valence-electron chi connectivity index (χ0n) is 9.95. The summed E-state index contributed by atoms with van der Waals surface area (Å²) in [4.78, 5) is 11.8. The van der Waals surface area contributed by atoms with Gasteiger partial charge < -0.3 is 0 Å². The first kappa shape index (κ1) is 13.4. The van der Waals surface area contributed by atoms with Gasteiger partial charge in [-0.25, -0.2) is 5.10 Å². The van der Waals surface area contributed by atoms with E-state index < -0.39 is 0 Å². The summed E-state index contributed by atoms with van der Waals surface area (Å²) in [5, 5.41) is 8.98. The number of H-pyrrole nitrogens is 1. The number of hydrogen-bond donors (Lipinski definition) is 1. The highest BCUT2D eigenvalue weighted by Gasteiger charge is 2.11. The number of rotatable bonds is 1. The fraction of sp³-hybridized carbons (Fsp3) is 0. The molecule has 6 heteroatoms. The third-order valence-corrected chi connectivity index (χ3v) is 3.92. The number of nitrogens with zero attached hydrogens (tertiary/aromatic N) is 1. The number of hydrogen-bond acceptors (Lipinski definition) is 2. The zero-order chi connectivity index (χ0) is 14.3. The van der Waals surface area contributed by atoms with Crippen molar-refractivity contribution in [1.82, 2.24) is 10.2 Å². The number of aromatic nitrogens is 2. The lowest BCUT2D eigenvalue weighted by Gasteiger charge is -2.06. The van der Waals surface area contributed by atoms with E-state index in [1.807, 2.05) is 12.1 Å². The smallest absolute Gasteiger partial charge is 0.267 e. The Kier molecular flexibility index (Phi) is 3.42. The summed E-state index contributed by atoms with van der Waals surface area (Å²) in [6, 6.07) is 10.3. The summed E-state index contributed by atoms with van der Waals surface area (Å²) in [6.07, 6.45) is 0. The molecule has 1 heterocycles. The van der Waals surface area contributed by atoms with Crippen molar-refractivity contribution in [1.29, 1.82) is 0 Å². The minimum Gasteiger partial charge on any atom is -0.267 e. The highest BCUT2D eigenvalue weighted by Crippen LogP contribution is 2.31. The van der Waals surface area contributed by atoms with E-state index in [1.165, 1.54) is 0 Å². The number of benzene rings is 2. The van der Waals surface area contributed by atoms with E-state index in [9.17, 15) is 4.79 Å². The van der Waals surface area contributed by atoms with E-state index in [1.54, 1.807) is 24.3 Å². The SMILES string of the molecule is O=c1[nH]nc(-c2ccc(Cl)cc2)c2cc(Cl)c(Cl)cc12. The zero-order valence-corrected chi connectivity index (χ0v) is 12.2. The molecule has 3 rings (SSSR count). The van der Waals surface area contributed by atoms with Gasteiger partial charge in [0.15, 0.2) is 0 Å². The lowest BCUT2D eigenvalue weighted by molar-refractivity contribution is 1.02. The topological polar surface area (TPSA) is 45.8 Å². The summed E-state index contributed by atoms with van der Waals surface area (Å²) in [5.74, 6) is 0. The van der Waals surface area contributed by atoms with Crippen LogP contribution in [0.5, 0.6) is 0 Å². The minimum atomic E-state index is -0.309. The van der Waals surface area contributed by atoms with Gasteiger partial charge in [-0.05, 0) is 24.3 Å². The van der Waals surface area contributed by atoms with Crippen molar-refractivity contribution >= 4 is 45.6 Å². The molecule has 0 radical (unpaired) electrons. The first-order chi connectivity index (χ1) is 9.56. The van der Waals surface area contributed by atoms with Crippen LogP contribution in [0.2, 0.25) is 15.1 Å². The first-order valence-electron chi connectivity index (χ1n) is 5.69. The van der Waals surface area contributed by atoms with E-state index >= 15 is 0 Å². The lowest BCUT2D eigenvalue weighted by Crippen LogP contribution is -2.09. The maximum atomic E-state index is 11.8. The molecule has 3 nitrogen and oxygen atoms in total. The Morgan fingerprint density at radius 2 is 1.50 bits per heavy atom. The number of fused-ring (bicyclic) bond motifs is 1. The van der Waals surface area contributed by atoms with Crippen molar-refractivity contribution in [3.8, 4) is 11.3 Å². The Morgan fingerprint density at radius 1 is 0.900 bits per heavy atom. The Hall–Kier alpha value is -1.55. The van der Waals surface area contributed by atoms with Gasteiger partial charge in [-0.2, -0.15) is 5.10 Å². The molecule has 0 aliphatic rings. The van der Waals surface area contributed by atoms with Crippen LogP contribution in [0.25, 0.3) is 22.0 Å². The number of aromatic amines is 1. The van der Waals surface area contributed by atoms with Gasteiger partial charge in [0.1, 0.15) is 0 Å². The fourth-order valence-corrected chi connectivity index (χ4v) is 2.44. The van der Waals surface area contributed by atoms with Crippen molar-refractivity contribution in [3.05, 3.63) is 61.8 Å². The Bertz CT molecular complexity index is 857. The fourth-order valence-electron chi connectivity index (χ4n) is 1.99. The predicted molar refractivity (Wildman–Crippen MR) is 82.8 cm³/mol. The molecule has 20 heavy (non-hydrogen) atoms. The van der Waals surface area contributed by atoms with Crippen molar-refractivity contribution in [2.75, 3.05) is 0 Å². The van der Waals surface area contributed by atoms with Crippen LogP contribution >= 0.6 is 34.8 Å². The molecule has 0 saturated carbocycles. The predicted octanol–water partition coefficient (Wildman–Crippen LogP) is 4.55. The maximum Gasteiger partial charge on any atom is 0.272 e. The van der Waals surface area contributed by atoms with Crippen LogP contribution in [0.15, 0.2) is 41.2 Å². The molecule has 3 aromatic rings. The molecule has 1 N–H and O–H groups in total. The molecule has 0 saturated heterocycles. The normalized spacial score (nSPS) is 10.9. The molecule has 0 spiro atoms. The van der Waals surface area contributed by atoms with Gasteiger partial charge in [-0.15, -0.1) is 0 Å². The molecule has 0 aliphatic carbocycles. The van der Waals surface area contributed by atoms with Crippen molar-refractivity contribution in [2.24, 2.45) is 0 Å². The highest BCUT2D eigenvalue weighted by atomic mass is 35.5. The largest absolute Gasteiger partial charge is 0.272 e. The van der Waals surface area contributed by atoms with Crippen molar-refractivity contribution < 1.29 is 0 Å². The minimum absolute atomic E-state index is 0.309. The molecule has 0 amide bonds. The number of halogens is 3. The summed E-state index contributed by atoms with van der Waals surface area (Å²) in [5.41, 5.74) is 1.14. The molecule has 0 unspecified atom stereocenters. The molecule has 1 aromatic heterocycles. The Balaban J connectivity index is 2.37. The molecule has 100 valence electrons. The van der Waals surface area contributed by atoms with Crippen LogP contribution in [0.3, 0.4) is 0 Å². The second-order valence-corrected chi connectivity index (χ2v) is 5.47. The molecule has 0 fully saturated rings. The van der Waals surface area contributed by atoms with E-state index in [0.717, 1.165) is 5.56 Å². The van der Waals surface area contributed by atoms with Gasteiger partial charge in [0.2, 0.25) is 0 Å². The molecule has 0 atom stereocenters. The molecule has 0 bridgehead atoms. The van der Waals surface area contributed by atoms with E-state index in [2.05, 4.69) is 10.2 Å². The van der Waals surface area contributed by atoms with Gasteiger partial charge in [0, 0.05) is 16.0 Å². The summed E-state index contributed by atoms with van der Waals surface area (Å²) < 4.78 is 0. The molecular formula is C14H7Cl3N2O. The van der Waals surface area contributed by atoms with Crippen LogP contribution in [0, 0.1) is 0 Å². The van der Waals surface area contributed by atoms with E-state index in [-0.39, 0.29) is 5.56 Å². The van der Waals surface area contributed by atoms with Gasteiger partial charge in [0.25, 0.3) is 5.56 Å². The number of nitrogens with one attached hydrogen (secondary N) is 1. The third-order valence-electron chi connectivity index (χ3n) is 2.95. The highest BCUT2D eigenvalue weighted by molar-refractivity contribution is 6.43. The summed E-state index contributed by atoms with van der Waals surface area (Å²) >= 11 is 17.9. The summed E-state index contributed by atoms with van der Waals surface area (Å²) in [7, 11) is 0. The Labute approximate surface area is 129 Å². The third kappa shape index (κ3) is 2.29. The average molecular weight is 326 g/mol. The quantitative estimate of drug-likeness (QED) is 0.713. The second-order valence-electron chi connectivity index (χ2n) is 4.22. The van der Waals surface area contributed by atoms with Crippen molar-refractivity contribution in [3.63, 3.8) is 0 Å². The summed E-state index contributed by atoms with van der Waals surface area (Å²) in [6.45, 7) is 0. The Morgan fingerprint density at radius 3 is 2.15 bits per heavy atom. The van der Waals surface area contributed by atoms with Crippen LogP contribution in [-0.4, -0.2) is 10.2 Å². The first-order valence-corrected chi connectivity index (χ1v) is 6.83. The van der Waals surface area contributed by atoms with Gasteiger partial charge in [0.05, 0.1) is 21.1 Å². The van der Waals surface area contributed by atoms with Gasteiger partial charge in [-0.1, -0.05) is 46.9 Å². The van der Waals surface area contributed by atoms with Crippen LogP contribution in [0.1, 0.15) is 0 Å². The second kappa shape index (κ2) is 5.09.